The van der Waals surface area contributed by atoms with Crippen LogP contribution in [0.4, 0.5) is 5.69 Å². The van der Waals surface area contributed by atoms with Crippen LogP contribution in [0.3, 0.4) is 0 Å². The topological polar surface area (TPSA) is 89.7 Å². The number of aliphatic carboxylic acids is 1. The molecule has 0 aliphatic heterocycles. The number of benzene rings is 1. The summed E-state index contributed by atoms with van der Waals surface area (Å²) >= 11 is 0. The molecule has 0 radical (unpaired) electrons. The van der Waals surface area contributed by atoms with Gasteiger partial charge in [0.2, 0.25) is 0 Å². The van der Waals surface area contributed by atoms with Crippen LogP contribution in [0, 0.1) is 17.0 Å². The molecule has 6 heteroatoms. The number of aryl methyl sites for hydroxylation is 1. The largest absolute Gasteiger partial charge is 0.479 e. The van der Waals surface area contributed by atoms with Crippen molar-refractivity contribution >= 4 is 11.7 Å². The van der Waals surface area contributed by atoms with Crippen molar-refractivity contribution in [3.8, 4) is 5.75 Å². The molecule has 1 aromatic carbocycles. The Kier molecular flexibility index (Phi) is 3.44. The van der Waals surface area contributed by atoms with Gasteiger partial charge in [-0.15, -0.1) is 0 Å². The molecule has 1 N–H and O–H groups in total. The van der Waals surface area contributed by atoms with E-state index in [0.717, 1.165) is 0 Å². The molecular weight excluding hydrogens is 214 g/mol. The van der Waals surface area contributed by atoms with Crippen LogP contribution in [0.2, 0.25) is 0 Å². The number of ether oxygens (including phenoxy) is 1. The zero-order valence-electron chi connectivity index (χ0n) is 8.84. The Labute approximate surface area is 91.6 Å². The number of carboxylic acid groups (broad SMARTS) is 1. The Morgan fingerprint density at radius 2 is 2.19 bits per heavy atom. The average Bonchev–Trinajstić information content (AvgIpc) is 2.20. The molecule has 0 aliphatic rings. The van der Waals surface area contributed by atoms with E-state index in [1.54, 1.807) is 13.0 Å². The third kappa shape index (κ3) is 2.69. The second kappa shape index (κ2) is 4.61. The monoisotopic (exact) mass is 225 g/mol. The highest BCUT2D eigenvalue weighted by atomic mass is 16.6. The zero-order chi connectivity index (χ0) is 12.3. The lowest BCUT2D eigenvalue weighted by atomic mass is 10.2. The highest BCUT2D eigenvalue weighted by molar-refractivity contribution is 5.72. The molecule has 0 saturated heterocycles. The first kappa shape index (κ1) is 12.0. The molecule has 6 nitrogen and oxygen atoms in total. The van der Waals surface area contributed by atoms with E-state index < -0.39 is 17.0 Å². The Balaban J connectivity index is 3.04. The first-order valence-electron chi connectivity index (χ1n) is 4.56. The van der Waals surface area contributed by atoms with Crippen molar-refractivity contribution in [2.45, 2.75) is 20.0 Å². The van der Waals surface area contributed by atoms with Gasteiger partial charge in [-0.05, 0) is 25.5 Å². The maximum atomic E-state index is 10.7. The van der Waals surface area contributed by atoms with Gasteiger partial charge in [0.25, 0.3) is 0 Å². The van der Waals surface area contributed by atoms with E-state index in [2.05, 4.69) is 0 Å². The molecule has 0 fully saturated rings. The predicted octanol–water partition coefficient (Wildman–Crippen LogP) is 1.76. The standard InChI is InChI=1S/C10H11NO5/c1-6-3-4-9(8(5-6)11(14)15)16-7(2)10(12)13/h3-5,7H,1-2H3,(H,12,13)/t7-/m1/s1. The van der Waals surface area contributed by atoms with Crippen molar-refractivity contribution in [3.63, 3.8) is 0 Å². The molecule has 0 aromatic heterocycles. The minimum absolute atomic E-state index is 0.0366. The van der Waals surface area contributed by atoms with Crippen molar-refractivity contribution in [2.24, 2.45) is 0 Å². The Hall–Kier alpha value is -2.11. The summed E-state index contributed by atoms with van der Waals surface area (Å²) in [5, 5.41) is 19.3. The third-order valence-electron chi connectivity index (χ3n) is 1.96. The first-order valence-corrected chi connectivity index (χ1v) is 4.56. The molecular formula is C10H11NO5. The SMILES string of the molecule is Cc1ccc(O[C@H](C)C(=O)O)c([N+](=O)[O-])c1. The van der Waals surface area contributed by atoms with E-state index >= 15 is 0 Å². The van der Waals surface area contributed by atoms with Crippen molar-refractivity contribution in [2.75, 3.05) is 0 Å². The lowest BCUT2D eigenvalue weighted by Gasteiger charge is -2.10. The fourth-order valence-electron chi connectivity index (χ4n) is 1.11. The van der Waals surface area contributed by atoms with Gasteiger partial charge in [0.15, 0.2) is 11.9 Å². The molecule has 0 heterocycles. The molecule has 1 atom stereocenters. The molecule has 16 heavy (non-hydrogen) atoms. The molecule has 0 saturated carbocycles. The van der Waals surface area contributed by atoms with Crippen molar-refractivity contribution in [1.29, 1.82) is 0 Å². The van der Waals surface area contributed by atoms with Gasteiger partial charge >= 0.3 is 11.7 Å². The van der Waals surface area contributed by atoms with E-state index in [1.165, 1.54) is 19.1 Å². The maximum absolute atomic E-state index is 10.7. The average molecular weight is 225 g/mol. The Morgan fingerprint density at radius 1 is 1.56 bits per heavy atom. The lowest BCUT2D eigenvalue weighted by Crippen LogP contribution is -2.23. The minimum Gasteiger partial charge on any atom is -0.479 e. The summed E-state index contributed by atoms with van der Waals surface area (Å²) in [5.74, 6) is -1.21. The van der Waals surface area contributed by atoms with Crippen LogP contribution < -0.4 is 4.74 Å². The van der Waals surface area contributed by atoms with Gasteiger partial charge in [0, 0.05) is 6.07 Å². The van der Waals surface area contributed by atoms with Crippen LogP contribution in [-0.2, 0) is 4.79 Å². The number of hydrogen-bond acceptors (Lipinski definition) is 4. The number of hydrogen-bond donors (Lipinski definition) is 1. The van der Waals surface area contributed by atoms with E-state index in [9.17, 15) is 14.9 Å². The van der Waals surface area contributed by atoms with Gasteiger partial charge in [0.1, 0.15) is 0 Å². The normalized spacial score (nSPS) is 11.9. The van der Waals surface area contributed by atoms with Gasteiger partial charge in [-0.2, -0.15) is 0 Å². The third-order valence-corrected chi connectivity index (χ3v) is 1.96. The lowest BCUT2D eigenvalue weighted by molar-refractivity contribution is -0.386. The number of carbonyl (C=O) groups is 1. The number of nitrogens with zero attached hydrogens (tertiary/aromatic N) is 1. The Morgan fingerprint density at radius 3 is 2.69 bits per heavy atom. The van der Waals surface area contributed by atoms with E-state index in [1.807, 2.05) is 0 Å². The van der Waals surface area contributed by atoms with Crippen LogP contribution >= 0.6 is 0 Å². The van der Waals surface area contributed by atoms with E-state index in [0.29, 0.717) is 5.56 Å². The number of carboxylic acids is 1. The number of nitro groups is 1. The van der Waals surface area contributed by atoms with Crippen molar-refractivity contribution in [3.05, 3.63) is 33.9 Å². The van der Waals surface area contributed by atoms with E-state index in [4.69, 9.17) is 9.84 Å². The number of nitro benzene ring substituents is 1. The molecule has 0 aliphatic carbocycles. The van der Waals surface area contributed by atoms with Gasteiger partial charge in [-0.3, -0.25) is 10.1 Å². The number of rotatable bonds is 4. The smallest absolute Gasteiger partial charge is 0.344 e. The molecule has 1 rings (SSSR count). The summed E-state index contributed by atoms with van der Waals surface area (Å²) in [4.78, 5) is 20.7. The van der Waals surface area contributed by atoms with Crippen LogP contribution in [0.5, 0.6) is 5.75 Å². The molecule has 86 valence electrons. The fourth-order valence-corrected chi connectivity index (χ4v) is 1.11. The Bertz CT molecular complexity index is 429. The van der Waals surface area contributed by atoms with Gasteiger partial charge < -0.3 is 9.84 Å². The molecule has 1 aromatic rings. The molecule has 0 bridgehead atoms. The van der Waals surface area contributed by atoms with Crippen LogP contribution in [0.25, 0.3) is 0 Å². The molecule has 0 amide bonds. The van der Waals surface area contributed by atoms with Crippen LogP contribution in [-0.4, -0.2) is 22.1 Å². The first-order chi connectivity index (χ1) is 7.41. The van der Waals surface area contributed by atoms with Crippen LogP contribution in [0.15, 0.2) is 18.2 Å². The second-order valence-corrected chi connectivity index (χ2v) is 3.33. The minimum atomic E-state index is -1.17. The maximum Gasteiger partial charge on any atom is 0.344 e. The summed E-state index contributed by atoms with van der Waals surface area (Å²) in [6, 6.07) is 4.35. The molecule has 0 spiro atoms. The van der Waals surface area contributed by atoms with Crippen LogP contribution in [0.1, 0.15) is 12.5 Å². The zero-order valence-corrected chi connectivity index (χ0v) is 8.84. The fraction of sp³-hybridized carbons (Fsp3) is 0.300. The highest BCUT2D eigenvalue weighted by Gasteiger charge is 2.20. The van der Waals surface area contributed by atoms with E-state index in [-0.39, 0.29) is 11.4 Å². The highest BCUT2D eigenvalue weighted by Crippen LogP contribution is 2.28. The van der Waals surface area contributed by atoms with Gasteiger partial charge in [-0.1, -0.05) is 6.07 Å². The summed E-state index contributed by atoms with van der Waals surface area (Å²) in [6.45, 7) is 3.02. The van der Waals surface area contributed by atoms with Gasteiger partial charge in [0.05, 0.1) is 4.92 Å². The van der Waals surface area contributed by atoms with Gasteiger partial charge in [-0.25, -0.2) is 4.79 Å². The van der Waals surface area contributed by atoms with Crippen molar-refractivity contribution < 1.29 is 19.6 Å². The molecule has 0 unspecified atom stereocenters. The second-order valence-electron chi connectivity index (χ2n) is 3.33. The van der Waals surface area contributed by atoms with Crippen molar-refractivity contribution in [1.82, 2.24) is 0 Å². The summed E-state index contributed by atoms with van der Waals surface area (Å²) in [7, 11) is 0. The summed E-state index contributed by atoms with van der Waals surface area (Å²) in [6.07, 6.45) is -1.12. The summed E-state index contributed by atoms with van der Waals surface area (Å²) in [5.41, 5.74) is 0.482. The predicted molar refractivity (Wildman–Crippen MR) is 55.6 cm³/mol. The summed E-state index contributed by atoms with van der Waals surface area (Å²) < 4.78 is 4.98. The quantitative estimate of drug-likeness (QED) is 0.622.